The molecule has 0 fully saturated rings. The van der Waals surface area contributed by atoms with Crippen LogP contribution in [-0.2, 0) is 6.42 Å². The maximum absolute atomic E-state index is 12.0. The monoisotopic (exact) mass is 338 g/mol. The van der Waals surface area contributed by atoms with E-state index < -0.39 is 0 Å². The molecule has 2 aromatic heterocycles. The largest absolute Gasteiger partial charge is 0.352 e. The molecular formula is C16H14N6OS. The van der Waals surface area contributed by atoms with Gasteiger partial charge >= 0.3 is 0 Å². The molecule has 0 saturated heterocycles. The third-order valence-corrected chi connectivity index (χ3v) is 4.04. The molecule has 8 heteroatoms. The fourth-order valence-corrected chi connectivity index (χ4v) is 2.65. The molecule has 0 unspecified atom stereocenters. The zero-order valence-corrected chi connectivity index (χ0v) is 13.5. The number of carbonyl (C=O) groups is 1. The maximum atomic E-state index is 12.0. The van der Waals surface area contributed by atoms with Crippen molar-refractivity contribution < 1.29 is 4.79 Å². The molecule has 0 aliphatic heterocycles. The average Bonchev–Trinajstić information content (AvgIpc) is 3.03. The Kier molecular flexibility index (Phi) is 5.03. The highest BCUT2D eigenvalue weighted by Gasteiger charge is 2.09. The highest BCUT2D eigenvalue weighted by molar-refractivity contribution is 7.99. The van der Waals surface area contributed by atoms with Crippen molar-refractivity contribution in [2.45, 2.75) is 11.4 Å². The zero-order chi connectivity index (χ0) is 16.8. The molecule has 0 aliphatic rings. The van der Waals surface area contributed by atoms with E-state index in [9.17, 15) is 4.79 Å². The second-order valence-corrected chi connectivity index (χ2v) is 5.87. The van der Waals surface area contributed by atoms with Gasteiger partial charge in [0.1, 0.15) is 5.03 Å². The van der Waals surface area contributed by atoms with Crippen molar-refractivity contribution in [2.24, 2.45) is 0 Å². The van der Waals surface area contributed by atoms with Crippen LogP contribution in [0.5, 0.6) is 0 Å². The number of hydrogen-bond donors (Lipinski definition) is 1. The van der Waals surface area contributed by atoms with Crippen LogP contribution in [0, 0.1) is 11.3 Å². The van der Waals surface area contributed by atoms with Crippen LogP contribution >= 0.6 is 11.8 Å². The predicted octanol–water partition coefficient (Wildman–Crippen LogP) is 1.71. The molecule has 120 valence electrons. The highest BCUT2D eigenvalue weighted by atomic mass is 32.2. The minimum atomic E-state index is -0.123. The number of carbonyl (C=O) groups excluding carboxylic acids is 1. The van der Waals surface area contributed by atoms with Crippen LogP contribution in [0.1, 0.15) is 16.2 Å². The fourth-order valence-electron chi connectivity index (χ4n) is 2.14. The van der Waals surface area contributed by atoms with Crippen LogP contribution in [-0.4, -0.2) is 38.0 Å². The first-order valence-electron chi connectivity index (χ1n) is 7.32. The number of thioether (sulfide) groups is 1. The van der Waals surface area contributed by atoms with E-state index in [0.717, 1.165) is 5.03 Å². The van der Waals surface area contributed by atoms with Gasteiger partial charge in [-0.3, -0.25) is 4.79 Å². The molecule has 0 aliphatic carbocycles. The fraction of sp³-hybridized carbons (Fsp3) is 0.188. The molecule has 7 nitrogen and oxygen atoms in total. The van der Waals surface area contributed by atoms with E-state index in [-0.39, 0.29) is 5.91 Å². The number of nitriles is 1. The predicted molar refractivity (Wildman–Crippen MR) is 89.6 cm³/mol. The van der Waals surface area contributed by atoms with E-state index in [1.54, 1.807) is 16.6 Å². The van der Waals surface area contributed by atoms with Gasteiger partial charge in [0, 0.05) is 18.5 Å². The lowest BCUT2D eigenvalue weighted by molar-refractivity contribution is 0.0954. The van der Waals surface area contributed by atoms with Gasteiger partial charge in [0.05, 0.1) is 11.8 Å². The van der Waals surface area contributed by atoms with E-state index in [2.05, 4.69) is 26.7 Å². The molecule has 0 atom stereocenters. The number of hydrogen-bond acceptors (Lipinski definition) is 6. The molecule has 1 aromatic carbocycles. The SMILES string of the molecule is N#CCSc1ccc2nnc(CCNC(=O)c3ccccc3)n2n1. The smallest absolute Gasteiger partial charge is 0.251 e. The summed E-state index contributed by atoms with van der Waals surface area (Å²) < 4.78 is 1.65. The van der Waals surface area contributed by atoms with E-state index in [1.807, 2.05) is 30.3 Å². The summed E-state index contributed by atoms with van der Waals surface area (Å²) >= 11 is 1.36. The molecule has 1 amide bonds. The second kappa shape index (κ2) is 7.57. The molecule has 0 bridgehead atoms. The van der Waals surface area contributed by atoms with Crippen molar-refractivity contribution in [3.8, 4) is 6.07 Å². The number of rotatable bonds is 6. The average molecular weight is 338 g/mol. The van der Waals surface area contributed by atoms with Crippen LogP contribution in [0.25, 0.3) is 5.65 Å². The second-order valence-electron chi connectivity index (χ2n) is 4.88. The summed E-state index contributed by atoms with van der Waals surface area (Å²) in [5, 5.41) is 24.8. The molecule has 0 radical (unpaired) electrons. The van der Waals surface area contributed by atoms with Crippen molar-refractivity contribution in [3.05, 3.63) is 53.9 Å². The summed E-state index contributed by atoms with van der Waals surface area (Å²) in [6.07, 6.45) is 0.513. The normalized spacial score (nSPS) is 10.5. The van der Waals surface area contributed by atoms with Crippen LogP contribution in [0.15, 0.2) is 47.5 Å². The molecule has 1 N–H and O–H groups in total. The first kappa shape index (κ1) is 16.0. The van der Waals surface area contributed by atoms with Gasteiger partial charge < -0.3 is 5.32 Å². The molecule has 2 heterocycles. The number of amides is 1. The summed E-state index contributed by atoms with van der Waals surface area (Å²) in [6, 6.07) is 14.7. The Hall–Kier alpha value is -2.92. The molecule has 24 heavy (non-hydrogen) atoms. The van der Waals surface area contributed by atoms with E-state index in [0.29, 0.717) is 35.8 Å². The molecular weight excluding hydrogens is 324 g/mol. The molecule has 3 aromatic rings. The summed E-state index contributed by atoms with van der Waals surface area (Å²) in [5.74, 6) is 0.878. The highest BCUT2D eigenvalue weighted by Crippen LogP contribution is 2.15. The van der Waals surface area contributed by atoms with Crippen molar-refractivity contribution in [1.82, 2.24) is 25.1 Å². The Labute approximate surface area is 142 Å². The van der Waals surface area contributed by atoms with Gasteiger partial charge in [-0.1, -0.05) is 30.0 Å². The Bertz CT molecular complexity index is 886. The third-order valence-electron chi connectivity index (χ3n) is 3.26. The minimum absolute atomic E-state index is 0.123. The van der Waals surface area contributed by atoms with E-state index >= 15 is 0 Å². The Balaban J connectivity index is 1.65. The van der Waals surface area contributed by atoms with Crippen LogP contribution in [0.2, 0.25) is 0 Å². The van der Waals surface area contributed by atoms with E-state index in [4.69, 9.17) is 5.26 Å². The van der Waals surface area contributed by atoms with Gasteiger partial charge in [0.15, 0.2) is 11.5 Å². The Morgan fingerprint density at radius 3 is 2.83 bits per heavy atom. The van der Waals surface area contributed by atoms with Gasteiger partial charge in [-0.15, -0.1) is 10.2 Å². The minimum Gasteiger partial charge on any atom is -0.352 e. The topological polar surface area (TPSA) is 96.0 Å². The lowest BCUT2D eigenvalue weighted by Gasteiger charge is -2.04. The lowest BCUT2D eigenvalue weighted by atomic mass is 10.2. The maximum Gasteiger partial charge on any atom is 0.251 e. The number of nitrogens with one attached hydrogen (secondary N) is 1. The zero-order valence-electron chi connectivity index (χ0n) is 12.7. The van der Waals surface area contributed by atoms with Gasteiger partial charge in [0.25, 0.3) is 5.91 Å². The summed E-state index contributed by atoms with van der Waals surface area (Å²) in [5.41, 5.74) is 1.26. The quantitative estimate of drug-likeness (QED) is 0.687. The van der Waals surface area contributed by atoms with Crippen LogP contribution < -0.4 is 5.32 Å². The molecule has 0 spiro atoms. The third kappa shape index (κ3) is 3.70. The van der Waals surface area contributed by atoms with Crippen LogP contribution in [0.3, 0.4) is 0 Å². The van der Waals surface area contributed by atoms with Crippen molar-refractivity contribution >= 4 is 23.3 Å². The number of benzene rings is 1. The number of aromatic nitrogens is 4. The summed E-state index contributed by atoms with van der Waals surface area (Å²) in [6.45, 7) is 0.436. The van der Waals surface area contributed by atoms with Crippen molar-refractivity contribution in [2.75, 3.05) is 12.3 Å². The Morgan fingerprint density at radius 2 is 2.04 bits per heavy atom. The van der Waals surface area contributed by atoms with Gasteiger partial charge in [-0.2, -0.15) is 14.9 Å². The van der Waals surface area contributed by atoms with Crippen molar-refractivity contribution in [1.29, 1.82) is 5.26 Å². The van der Waals surface area contributed by atoms with E-state index in [1.165, 1.54) is 11.8 Å². The number of nitrogens with zero attached hydrogens (tertiary/aromatic N) is 5. The van der Waals surface area contributed by atoms with Gasteiger partial charge in [-0.05, 0) is 24.3 Å². The lowest BCUT2D eigenvalue weighted by Crippen LogP contribution is -2.26. The molecule has 0 saturated carbocycles. The molecule has 3 rings (SSSR count). The number of fused-ring (bicyclic) bond motifs is 1. The summed E-state index contributed by atoms with van der Waals surface area (Å²) in [4.78, 5) is 12.0. The van der Waals surface area contributed by atoms with Crippen molar-refractivity contribution in [3.63, 3.8) is 0 Å². The van der Waals surface area contributed by atoms with Gasteiger partial charge in [0.2, 0.25) is 0 Å². The van der Waals surface area contributed by atoms with Gasteiger partial charge in [-0.25, -0.2) is 0 Å². The first-order valence-corrected chi connectivity index (χ1v) is 8.31. The Morgan fingerprint density at radius 1 is 1.21 bits per heavy atom. The first-order chi connectivity index (χ1) is 11.8. The summed E-state index contributed by atoms with van der Waals surface area (Å²) in [7, 11) is 0. The standard InChI is InChI=1S/C16H14N6OS/c17-9-11-24-15-7-6-13-19-20-14(22(13)21-15)8-10-18-16(23)12-4-2-1-3-5-12/h1-7H,8,10-11H2,(H,18,23). The van der Waals surface area contributed by atoms with Crippen LogP contribution in [0.4, 0.5) is 0 Å².